The Bertz CT molecular complexity index is 264. The minimum Gasteiger partial charge on any atom is -0.315 e. The number of rotatable bonds is 2. The molecule has 1 aliphatic heterocycles. The first-order valence-electron chi connectivity index (χ1n) is 4.09. The fourth-order valence-corrected chi connectivity index (χ4v) is 1.09. The van der Waals surface area contributed by atoms with Gasteiger partial charge in [-0.3, -0.25) is 0 Å². The summed E-state index contributed by atoms with van der Waals surface area (Å²) in [6.07, 6.45) is 9.45. The molecule has 1 aromatic heterocycles. The Morgan fingerprint density at radius 1 is 1.33 bits per heavy atom. The molecule has 0 atom stereocenters. The highest BCUT2D eigenvalue weighted by atomic mass is 14.9. The lowest BCUT2D eigenvalue weighted by Crippen LogP contribution is -2.40. The van der Waals surface area contributed by atoms with Crippen LogP contribution in [0.5, 0.6) is 0 Å². The fraction of sp³-hybridized carbons (Fsp3) is 0.333. The topological polar surface area (TPSA) is 37.8 Å². The van der Waals surface area contributed by atoms with Crippen LogP contribution in [0.2, 0.25) is 0 Å². The first-order chi connectivity index (χ1) is 5.95. The third-order valence-electron chi connectivity index (χ3n) is 1.95. The Hall–Kier alpha value is -1.22. The third kappa shape index (κ3) is 1.68. The minimum absolute atomic E-state index is 0.699. The summed E-state index contributed by atoms with van der Waals surface area (Å²) in [5.41, 5.74) is 1.07. The van der Waals surface area contributed by atoms with E-state index in [1.807, 2.05) is 12.4 Å². The maximum atomic E-state index is 3.93. The highest BCUT2D eigenvalue weighted by Crippen LogP contribution is 2.07. The molecule has 1 fully saturated rings. The van der Waals surface area contributed by atoms with Crippen LogP contribution in [0.4, 0.5) is 0 Å². The molecule has 2 rings (SSSR count). The average molecular weight is 161 g/mol. The molecule has 0 unspecified atom stereocenters. The van der Waals surface area contributed by atoms with Crippen LogP contribution in [0.15, 0.2) is 24.8 Å². The van der Waals surface area contributed by atoms with Gasteiger partial charge in [0.05, 0.1) is 0 Å². The molecule has 1 aliphatic rings. The highest BCUT2D eigenvalue weighted by Gasteiger charge is 2.11. The van der Waals surface area contributed by atoms with Crippen molar-refractivity contribution >= 4 is 6.08 Å². The molecule has 0 amide bonds. The van der Waals surface area contributed by atoms with Crippen molar-refractivity contribution in [3.05, 3.63) is 30.4 Å². The van der Waals surface area contributed by atoms with Crippen LogP contribution in [-0.2, 0) is 0 Å². The molecule has 0 aromatic carbocycles. The lowest BCUT2D eigenvalue weighted by atomic mass is 10.0. The third-order valence-corrected chi connectivity index (χ3v) is 1.95. The maximum absolute atomic E-state index is 3.93. The SMILES string of the molecule is C(=CC1CNC1)c1cncnc1. The zero-order chi connectivity index (χ0) is 8.23. The van der Waals surface area contributed by atoms with Crippen molar-refractivity contribution in [3.63, 3.8) is 0 Å². The number of aromatic nitrogens is 2. The normalized spacial score (nSPS) is 18.0. The van der Waals surface area contributed by atoms with Gasteiger partial charge in [0.1, 0.15) is 6.33 Å². The second kappa shape index (κ2) is 3.45. The first-order valence-corrected chi connectivity index (χ1v) is 4.09. The van der Waals surface area contributed by atoms with Crippen LogP contribution in [0.25, 0.3) is 6.08 Å². The quantitative estimate of drug-likeness (QED) is 0.694. The van der Waals surface area contributed by atoms with Crippen LogP contribution in [0.1, 0.15) is 5.56 Å². The van der Waals surface area contributed by atoms with Crippen molar-refractivity contribution in [1.82, 2.24) is 15.3 Å². The summed E-state index contributed by atoms with van der Waals surface area (Å²) < 4.78 is 0. The van der Waals surface area contributed by atoms with Crippen LogP contribution in [0.3, 0.4) is 0 Å². The molecule has 1 aromatic rings. The van der Waals surface area contributed by atoms with Gasteiger partial charge in [0, 0.05) is 37.0 Å². The van der Waals surface area contributed by atoms with Crippen LogP contribution in [-0.4, -0.2) is 23.1 Å². The molecule has 0 aliphatic carbocycles. The Morgan fingerprint density at radius 2 is 2.08 bits per heavy atom. The largest absolute Gasteiger partial charge is 0.315 e. The van der Waals surface area contributed by atoms with Crippen molar-refractivity contribution in [2.24, 2.45) is 5.92 Å². The van der Waals surface area contributed by atoms with Crippen LogP contribution >= 0.6 is 0 Å². The standard InChI is InChI=1S/C9H11N3/c1(8-3-10-4-8)2-9-5-11-7-12-6-9/h1-2,5-8,10H,3-4H2. The van der Waals surface area contributed by atoms with E-state index in [-0.39, 0.29) is 0 Å². The van der Waals surface area contributed by atoms with Gasteiger partial charge in [0.2, 0.25) is 0 Å². The second-order valence-electron chi connectivity index (χ2n) is 2.95. The number of nitrogens with one attached hydrogen (secondary N) is 1. The molecule has 0 saturated carbocycles. The summed E-state index contributed by atoms with van der Waals surface area (Å²) in [7, 11) is 0. The first kappa shape index (κ1) is 7.43. The van der Waals surface area contributed by atoms with Crippen LogP contribution in [0, 0.1) is 5.92 Å². The van der Waals surface area contributed by atoms with E-state index in [2.05, 4.69) is 27.4 Å². The molecule has 12 heavy (non-hydrogen) atoms. The Kier molecular flexibility index (Phi) is 2.14. The number of hydrogen-bond acceptors (Lipinski definition) is 3. The molecule has 0 spiro atoms. The summed E-state index contributed by atoms with van der Waals surface area (Å²) in [5.74, 6) is 0.699. The number of nitrogens with zero attached hydrogens (tertiary/aromatic N) is 2. The van der Waals surface area contributed by atoms with E-state index >= 15 is 0 Å². The lowest BCUT2D eigenvalue weighted by Gasteiger charge is -2.23. The summed E-state index contributed by atoms with van der Waals surface area (Å²) in [6.45, 7) is 2.20. The monoisotopic (exact) mass is 161 g/mol. The van der Waals surface area contributed by atoms with Gasteiger partial charge in [-0.25, -0.2) is 9.97 Å². The van der Waals surface area contributed by atoms with Crippen molar-refractivity contribution in [2.45, 2.75) is 0 Å². The molecule has 3 nitrogen and oxygen atoms in total. The molecule has 0 bridgehead atoms. The molecular formula is C9H11N3. The van der Waals surface area contributed by atoms with Crippen molar-refractivity contribution in [1.29, 1.82) is 0 Å². The summed E-state index contributed by atoms with van der Waals surface area (Å²) in [5, 5.41) is 3.21. The van der Waals surface area contributed by atoms with Crippen molar-refractivity contribution in [3.8, 4) is 0 Å². The average Bonchev–Trinajstić information content (AvgIpc) is 2.04. The van der Waals surface area contributed by atoms with Gasteiger partial charge < -0.3 is 5.32 Å². The van der Waals surface area contributed by atoms with Gasteiger partial charge in [-0.1, -0.05) is 12.2 Å². The van der Waals surface area contributed by atoms with E-state index in [9.17, 15) is 0 Å². The molecule has 3 heteroatoms. The van der Waals surface area contributed by atoms with E-state index in [1.165, 1.54) is 0 Å². The predicted octanol–water partition coefficient (Wildman–Crippen LogP) is 0.709. The lowest BCUT2D eigenvalue weighted by molar-refractivity contribution is 0.420. The molecule has 1 N–H and O–H groups in total. The Balaban J connectivity index is 1.98. The van der Waals surface area contributed by atoms with Gasteiger partial charge in [0.15, 0.2) is 0 Å². The number of hydrogen-bond donors (Lipinski definition) is 1. The Labute approximate surface area is 71.5 Å². The summed E-state index contributed by atoms with van der Waals surface area (Å²) in [4.78, 5) is 7.86. The van der Waals surface area contributed by atoms with Gasteiger partial charge in [0.25, 0.3) is 0 Å². The molecule has 0 radical (unpaired) electrons. The molecule has 62 valence electrons. The smallest absolute Gasteiger partial charge is 0.115 e. The van der Waals surface area contributed by atoms with Gasteiger partial charge in [-0.05, 0) is 0 Å². The molecular weight excluding hydrogens is 150 g/mol. The van der Waals surface area contributed by atoms with E-state index in [1.54, 1.807) is 6.33 Å². The van der Waals surface area contributed by atoms with Gasteiger partial charge >= 0.3 is 0 Å². The zero-order valence-corrected chi connectivity index (χ0v) is 6.77. The second-order valence-corrected chi connectivity index (χ2v) is 2.95. The fourth-order valence-electron chi connectivity index (χ4n) is 1.09. The van der Waals surface area contributed by atoms with E-state index in [0.29, 0.717) is 5.92 Å². The van der Waals surface area contributed by atoms with E-state index in [0.717, 1.165) is 18.7 Å². The zero-order valence-electron chi connectivity index (χ0n) is 6.77. The predicted molar refractivity (Wildman–Crippen MR) is 47.4 cm³/mol. The summed E-state index contributed by atoms with van der Waals surface area (Å²) in [6, 6.07) is 0. The highest BCUT2D eigenvalue weighted by molar-refractivity contribution is 5.46. The minimum atomic E-state index is 0.699. The van der Waals surface area contributed by atoms with Crippen molar-refractivity contribution in [2.75, 3.05) is 13.1 Å². The Morgan fingerprint density at radius 3 is 2.67 bits per heavy atom. The van der Waals surface area contributed by atoms with Crippen LogP contribution < -0.4 is 5.32 Å². The van der Waals surface area contributed by atoms with Crippen molar-refractivity contribution < 1.29 is 0 Å². The van der Waals surface area contributed by atoms with Gasteiger partial charge in [-0.15, -0.1) is 0 Å². The maximum Gasteiger partial charge on any atom is 0.115 e. The van der Waals surface area contributed by atoms with E-state index in [4.69, 9.17) is 0 Å². The molecule has 2 heterocycles. The van der Waals surface area contributed by atoms with E-state index < -0.39 is 0 Å². The molecule has 1 saturated heterocycles. The summed E-state index contributed by atoms with van der Waals surface area (Å²) >= 11 is 0. The van der Waals surface area contributed by atoms with Gasteiger partial charge in [-0.2, -0.15) is 0 Å².